The zero-order chi connectivity index (χ0) is 35.7. The zero-order valence-corrected chi connectivity index (χ0v) is 27.8. The fourth-order valence-corrected chi connectivity index (χ4v) is 5.51. The van der Waals surface area contributed by atoms with E-state index in [4.69, 9.17) is 27.9 Å². The number of ether oxygens (including phenoxy) is 1. The van der Waals surface area contributed by atoms with Crippen LogP contribution in [0.25, 0.3) is 0 Å². The van der Waals surface area contributed by atoms with E-state index in [-0.39, 0.29) is 72.2 Å². The topological polar surface area (TPSA) is 151 Å². The molecule has 0 unspecified atom stereocenters. The zero-order valence-electron chi connectivity index (χ0n) is 26.3. The molecule has 16 heteroatoms. The second-order valence-corrected chi connectivity index (χ2v) is 12.3. The van der Waals surface area contributed by atoms with Crippen LogP contribution < -0.4 is 15.4 Å². The van der Waals surface area contributed by atoms with Gasteiger partial charge < -0.3 is 25.2 Å². The van der Waals surface area contributed by atoms with E-state index < -0.39 is 28.6 Å². The van der Waals surface area contributed by atoms with Crippen molar-refractivity contribution in [1.82, 2.24) is 9.80 Å². The minimum atomic E-state index is -0.645. The Bertz CT molecular complexity index is 1710. The highest BCUT2D eigenvalue weighted by molar-refractivity contribution is 6.31. The summed E-state index contributed by atoms with van der Waals surface area (Å²) in [6, 6.07) is 13.2. The van der Waals surface area contributed by atoms with E-state index in [1.165, 1.54) is 60.4 Å². The van der Waals surface area contributed by atoms with Crippen molar-refractivity contribution in [2.24, 2.45) is 11.8 Å². The average molecular weight is 753 g/mol. The first-order chi connectivity index (χ1) is 23.3. The van der Waals surface area contributed by atoms with E-state index in [0.29, 0.717) is 38.2 Å². The molecule has 2 aliphatic heterocycles. The fourth-order valence-electron chi connectivity index (χ4n) is 5.27. The lowest BCUT2D eigenvalue weighted by atomic mass is 9.97. The number of nitro groups is 1. The molecular weight excluding hydrogens is 711 g/mol. The molecule has 51 heavy (non-hydrogen) atoms. The van der Waals surface area contributed by atoms with E-state index >= 15 is 0 Å². The van der Waals surface area contributed by atoms with Crippen molar-refractivity contribution in [3.05, 3.63) is 92.5 Å². The Balaban J connectivity index is 0.000000362. The standard InChI is InChI=1S/C19H17ClFN3O5.C14H16ClFN2O2.2CH4/c20-16-8-3-13(10-17(16)21)22-18(25)12-2-1-9-23(11-12)19(26)29-15-6-4-14(5-7-15)24(27)28;1-9(19)18-6-2-3-10(8-18)14(20)17-11-4-5-12(15)13(16)7-11;;/h3-8,10,12H,1-2,9,11H2,(H,22,25);4-5,7,10H,2-3,6,8H2,1H3,(H,17,20);2*1H4/t12-;10-;;/m00../s1. The number of non-ortho nitro benzene ring substituents is 1. The van der Waals surface area contributed by atoms with Gasteiger partial charge in [-0.25, -0.2) is 13.6 Å². The van der Waals surface area contributed by atoms with Gasteiger partial charge in [-0.2, -0.15) is 0 Å². The molecule has 4 amide bonds. The lowest BCUT2D eigenvalue weighted by Gasteiger charge is -2.31. The summed E-state index contributed by atoms with van der Waals surface area (Å²) in [6.45, 7) is 3.17. The van der Waals surface area contributed by atoms with Crippen LogP contribution >= 0.6 is 23.2 Å². The van der Waals surface area contributed by atoms with Crippen molar-refractivity contribution in [2.45, 2.75) is 47.5 Å². The number of nitro benzene ring substituents is 1. The first-order valence-corrected chi connectivity index (χ1v) is 16.0. The maximum Gasteiger partial charge on any atom is 0.415 e. The van der Waals surface area contributed by atoms with Crippen LogP contribution in [0, 0.1) is 33.6 Å². The first kappa shape index (κ1) is 42.3. The predicted octanol–water partition coefficient (Wildman–Crippen LogP) is 8.19. The van der Waals surface area contributed by atoms with Crippen LogP contribution in [0.15, 0.2) is 60.7 Å². The molecule has 0 radical (unpaired) electrons. The Labute approximate surface area is 305 Å². The Hall–Kier alpha value is -4.82. The van der Waals surface area contributed by atoms with Gasteiger partial charge in [0.2, 0.25) is 17.7 Å². The molecule has 2 heterocycles. The van der Waals surface area contributed by atoms with Gasteiger partial charge in [0.05, 0.1) is 26.8 Å². The van der Waals surface area contributed by atoms with Gasteiger partial charge in [0.1, 0.15) is 17.4 Å². The highest BCUT2D eigenvalue weighted by atomic mass is 35.5. The van der Waals surface area contributed by atoms with Gasteiger partial charge in [-0.1, -0.05) is 38.1 Å². The summed E-state index contributed by atoms with van der Waals surface area (Å²) in [5.41, 5.74) is 0.539. The number of rotatable bonds is 6. The van der Waals surface area contributed by atoms with Gasteiger partial charge in [-0.15, -0.1) is 0 Å². The average Bonchev–Trinajstić information content (AvgIpc) is 3.08. The maximum absolute atomic E-state index is 13.5. The third kappa shape index (κ3) is 12.2. The number of anilines is 2. The number of amides is 4. The van der Waals surface area contributed by atoms with Gasteiger partial charge in [-0.05, 0) is 74.2 Å². The SMILES string of the molecule is C.C.CC(=O)N1CCC[C@H](C(=O)Nc2ccc(Cl)c(F)c2)C1.O=C(Nc1ccc(Cl)c(F)c1)[C@H]1CCCN(C(=O)Oc2ccc([N+](=O)[O-])cc2)C1. The molecule has 5 rings (SSSR count). The molecular formula is C35H41Cl2F2N5O7. The number of hydrogen-bond acceptors (Lipinski definition) is 7. The van der Waals surface area contributed by atoms with E-state index in [1.807, 2.05) is 0 Å². The number of benzene rings is 3. The molecule has 2 N–H and O–H groups in total. The minimum absolute atomic E-state index is 0. The second kappa shape index (κ2) is 19.5. The number of carbonyl (C=O) groups is 4. The molecule has 2 fully saturated rings. The van der Waals surface area contributed by atoms with Crippen LogP contribution in [-0.4, -0.2) is 64.7 Å². The summed E-state index contributed by atoms with van der Waals surface area (Å²) in [5, 5.41) is 15.9. The van der Waals surface area contributed by atoms with Crippen LogP contribution in [0.4, 0.5) is 30.6 Å². The lowest BCUT2D eigenvalue weighted by Crippen LogP contribution is -2.44. The van der Waals surface area contributed by atoms with Crippen molar-refractivity contribution >= 4 is 64.1 Å². The normalized spacial score (nSPS) is 16.6. The van der Waals surface area contributed by atoms with E-state index in [0.717, 1.165) is 18.9 Å². The molecule has 2 aliphatic rings. The quantitative estimate of drug-likeness (QED) is 0.190. The predicted molar refractivity (Wildman–Crippen MR) is 192 cm³/mol. The van der Waals surface area contributed by atoms with Crippen molar-refractivity contribution in [2.75, 3.05) is 36.8 Å². The number of carbonyl (C=O) groups excluding carboxylic acids is 4. The molecule has 0 saturated carbocycles. The third-order valence-electron chi connectivity index (χ3n) is 7.91. The number of nitrogens with zero attached hydrogens (tertiary/aromatic N) is 3. The highest BCUT2D eigenvalue weighted by Gasteiger charge is 2.30. The lowest BCUT2D eigenvalue weighted by molar-refractivity contribution is -0.384. The molecule has 276 valence electrons. The summed E-state index contributed by atoms with van der Waals surface area (Å²) >= 11 is 11.2. The van der Waals surface area contributed by atoms with Crippen LogP contribution in [0.1, 0.15) is 47.5 Å². The molecule has 0 spiro atoms. The summed E-state index contributed by atoms with van der Waals surface area (Å²) < 4.78 is 32.1. The molecule has 0 aromatic heterocycles. The van der Waals surface area contributed by atoms with Crippen LogP contribution in [-0.2, 0) is 14.4 Å². The number of piperidine rings is 2. The van der Waals surface area contributed by atoms with Crippen LogP contribution in [0.3, 0.4) is 0 Å². The van der Waals surface area contributed by atoms with E-state index in [1.54, 1.807) is 11.0 Å². The van der Waals surface area contributed by atoms with Crippen molar-refractivity contribution < 1.29 is 37.6 Å². The first-order valence-electron chi connectivity index (χ1n) is 15.3. The Kier molecular flexibility index (Phi) is 16.2. The Morgan fingerprint density at radius 2 is 1.24 bits per heavy atom. The number of nitrogens with one attached hydrogen (secondary N) is 2. The smallest absolute Gasteiger partial charge is 0.410 e. The molecule has 3 aromatic rings. The van der Waals surface area contributed by atoms with Crippen LogP contribution in [0.5, 0.6) is 5.75 Å². The van der Waals surface area contributed by atoms with Crippen molar-refractivity contribution in [3.8, 4) is 5.75 Å². The van der Waals surface area contributed by atoms with E-state index in [2.05, 4.69) is 10.6 Å². The van der Waals surface area contributed by atoms with Gasteiger partial charge in [0.15, 0.2) is 0 Å². The van der Waals surface area contributed by atoms with Gasteiger partial charge in [0, 0.05) is 56.6 Å². The Morgan fingerprint density at radius 3 is 1.67 bits per heavy atom. The summed E-state index contributed by atoms with van der Waals surface area (Å²) in [4.78, 5) is 61.5. The van der Waals surface area contributed by atoms with Crippen molar-refractivity contribution in [3.63, 3.8) is 0 Å². The molecule has 12 nitrogen and oxygen atoms in total. The molecule has 2 saturated heterocycles. The molecule has 0 bridgehead atoms. The molecule has 3 aromatic carbocycles. The monoisotopic (exact) mass is 751 g/mol. The summed E-state index contributed by atoms with van der Waals surface area (Å²) in [5.74, 6) is -2.33. The second-order valence-electron chi connectivity index (χ2n) is 11.4. The third-order valence-corrected chi connectivity index (χ3v) is 8.53. The molecule has 2 atom stereocenters. The fraction of sp³-hybridized carbons (Fsp3) is 0.371. The Morgan fingerprint density at radius 1 is 0.784 bits per heavy atom. The number of hydrogen-bond donors (Lipinski definition) is 2. The largest absolute Gasteiger partial charge is 0.415 e. The summed E-state index contributed by atoms with van der Waals surface area (Å²) in [7, 11) is 0. The van der Waals surface area contributed by atoms with Gasteiger partial charge in [-0.3, -0.25) is 24.5 Å². The van der Waals surface area contributed by atoms with E-state index in [9.17, 15) is 38.1 Å². The highest BCUT2D eigenvalue weighted by Crippen LogP contribution is 2.25. The molecule has 0 aliphatic carbocycles. The minimum Gasteiger partial charge on any atom is -0.410 e. The van der Waals surface area contributed by atoms with Crippen LogP contribution in [0.2, 0.25) is 10.0 Å². The number of likely N-dealkylation sites (tertiary alicyclic amines) is 2. The number of halogens is 4. The maximum atomic E-state index is 13.5. The van der Waals surface area contributed by atoms with Crippen molar-refractivity contribution in [1.29, 1.82) is 0 Å². The summed E-state index contributed by atoms with van der Waals surface area (Å²) in [6.07, 6.45) is 2.05. The van der Waals surface area contributed by atoms with Gasteiger partial charge >= 0.3 is 6.09 Å². The van der Waals surface area contributed by atoms with Gasteiger partial charge in [0.25, 0.3) is 5.69 Å².